The van der Waals surface area contributed by atoms with Crippen molar-refractivity contribution in [2.45, 2.75) is 12.5 Å². The number of fused-ring (bicyclic) bond motifs is 1. The number of urea groups is 1. The van der Waals surface area contributed by atoms with Crippen LogP contribution in [0.2, 0.25) is 0 Å². The first kappa shape index (κ1) is 16.3. The molecule has 1 unspecified atom stereocenters. The average molecular weight is 353 g/mol. The molecule has 0 aliphatic carbocycles. The molecule has 2 aromatic rings. The summed E-state index contributed by atoms with van der Waals surface area (Å²) in [5.74, 6) is 0.880. The molecule has 0 bridgehead atoms. The molecule has 7 nitrogen and oxygen atoms in total. The van der Waals surface area contributed by atoms with E-state index in [1.54, 1.807) is 24.3 Å². The largest absolute Gasteiger partial charge is 0.488 e. The Morgan fingerprint density at radius 2 is 2.08 bits per heavy atom. The van der Waals surface area contributed by atoms with Crippen molar-refractivity contribution < 1.29 is 19.1 Å². The Morgan fingerprint density at radius 3 is 2.88 bits per heavy atom. The molecule has 4 rings (SSSR count). The van der Waals surface area contributed by atoms with E-state index in [1.807, 2.05) is 24.3 Å². The summed E-state index contributed by atoms with van der Waals surface area (Å²) in [7, 11) is 0. The second-order valence-electron chi connectivity index (χ2n) is 6.20. The second-order valence-corrected chi connectivity index (χ2v) is 6.20. The topological polar surface area (TPSA) is 79.9 Å². The first-order chi connectivity index (χ1) is 12.7. The van der Waals surface area contributed by atoms with Gasteiger partial charge in [-0.05, 0) is 29.8 Å². The van der Waals surface area contributed by atoms with Crippen molar-refractivity contribution in [1.82, 2.24) is 5.32 Å². The first-order valence-corrected chi connectivity index (χ1v) is 8.53. The van der Waals surface area contributed by atoms with E-state index in [4.69, 9.17) is 9.47 Å². The molecule has 0 aromatic heterocycles. The molecule has 2 aliphatic heterocycles. The van der Waals surface area contributed by atoms with Gasteiger partial charge in [0.1, 0.15) is 18.5 Å². The van der Waals surface area contributed by atoms with E-state index >= 15 is 0 Å². The molecular weight excluding hydrogens is 334 g/mol. The SMILES string of the molecule is O=C(NCC1Cc2ccccc2O1)Nc1cccc(N2CCOC2=O)c1. The third-order valence-electron chi connectivity index (χ3n) is 4.38. The number of nitrogens with zero attached hydrogens (tertiary/aromatic N) is 1. The summed E-state index contributed by atoms with van der Waals surface area (Å²) in [4.78, 5) is 25.3. The minimum absolute atomic E-state index is 0.0659. The van der Waals surface area contributed by atoms with Crippen molar-refractivity contribution in [1.29, 1.82) is 0 Å². The number of anilines is 2. The van der Waals surface area contributed by atoms with Gasteiger partial charge in [0.25, 0.3) is 0 Å². The standard InChI is InChI=1S/C19H19N3O4/c23-18(20-12-16-10-13-4-1-2-7-17(13)26-16)21-14-5-3-6-15(11-14)22-8-9-25-19(22)24/h1-7,11,16H,8-10,12H2,(H2,20,21,23). The van der Waals surface area contributed by atoms with Gasteiger partial charge in [0.15, 0.2) is 0 Å². The molecule has 2 aliphatic rings. The summed E-state index contributed by atoms with van der Waals surface area (Å²) < 4.78 is 10.7. The molecule has 2 aromatic carbocycles. The molecule has 1 fully saturated rings. The Morgan fingerprint density at radius 1 is 1.19 bits per heavy atom. The number of benzene rings is 2. The smallest absolute Gasteiger partial charge is 0.414 e. The van der Waals surface area contributed by atoms with Gasteiger partial charge in [0.2, 0.25) is 0 Å². The number of nitrogens with one attached hydrogen (secondary N) is 2. The first-order valence-electron chi connectivity index (χ1n) is 8.53. The number of carbonyl (C=O) groups excluding carboxylic acids is 2. The fraction of sp³-hybridized carbons (Fsp3) is 0.263. The van der Waals surface area contributed by atoms with E-state index in [2.05, 4.69) is 10.6 Å². The highest BCUT2D eigenvalue weighted by Crippen LogP contribution is 2.27. The predicted molar refractivity (Wildman–Crippen MR) is 96.7 cm³/mol. The van der Waals surface area contributed by atoms with Crippen LogP contribution in [0, 0.1) is 0 Å². The van der Waals surface area contributed by atoms with E-state index in [0.29, 0.717) is 31.1 Å². The molecule has 0 radical (unpaired) electrons. The minimum Gasteiger partial charge on any atom is -0.488 e. The van der Waals surface area contributed by atoms with Crippen LogP contribution in [-0.4, -0.2) is 37.9 Å². The monoisotopic (exact) mass is 353 g/mol. The zero-order chi connectivity index (χ0) is 17.9. The van der Waals surface area contributed by atoms with Crippen molar-refractivity contribution in [2.24, 2.45) is 0 Å². The normalized spacial score (nSPS) is 18.1. The van der Waals surface area contributed by atoms with Gasteiger partial charge in [-0.2, -0.15) is 0 Å². The number of hydrogen-bond donors (Lipinski definition) is 2. The van der Waals surface area contributed by atoms with Crippen LogP contribution in [0.15, 0.2) is 48.5 Å². The lowest BCUT2D eigenvalue weighted by Crippen LogP contribution is -2.37. The fourth-order valence-corrected chi connectivity index (χ4v) is 3.13. The van der Waals surface area contributed by atoms with E-state index in [-0.39, 0.29) is 18.2 Å². The van der Waals surface area contributed by atoms with Gasteiger partial charge < -0.3 is 20.1 Å². The molecule has 134 valence electrons. The van der Waals surface area contributed by atoms with E-state index in [0.717, 1.165) is 17.7 Å². The van der Waals surface area contributed by atoms with Gasteiger partial charge in [-0.3, -0.25) is 4.90 Å². The Hall–Kier alpha value is -3.22. The highest BCUT2D eigenvalue weighted by Gasteiger charge is 2.24. The van der Waals surface area contributed by atoms with Gasteiger partial charge in [0.05, 0.1) is 13.1 Å². The third-order valence-corrected chi connectivity index (χ3v) is 4.38. The number of ether oxygens (including phenoxy) is 2. The summed E-state index contributed by atoms with van der Waals surface area (Å²) in [6.07, 6.45) is 0.344. The third kappa shape index (κ3) is 3.42. The van der Waals surface area contributed by atoms with Crippen LogP contribution in [0.5, 0.6) is 5.75 Å². The summed E-state index contributed by atoms with van der Waals surface area (Å²) >= 11 is 0. The zero-order valence-corrected chi connectivity index (χ0v) is 14.1. The maximum absolute atomic E-state index is 12.2. The number of carbonyl (C=O) groups is 2. The van der Waals surface area contributed by atoms with Crippen LogP contribution < -0.4 is 20.3 Å². The molecule has 1 saturated heterocycles. The Labute approximate surface area is 150 Å². The van der Waals surface area contributed by atoms with Gasteiger partial charge in [-0.25, -0.2) is 9.59 Å². The van der Waals surface area contributed by atoms with Crippen LogP contribution in [0.1, 0.15) is 5.56 Å². The Kier molecular flexibility index (Phi) is 4.35. The number of cyclic esters (lactones) is 1. The quantitative estimate of drug-likeness (QED) is 0.886. The van der Waals surface area contributed by atoms with Crippen molar-refractivity contribution in [3.8, 4) is 5.75 Å². The van der Waals surface area contributed by atoms with Crippen LogP contribution in [-0.2, 0) is 11.2 Å². The molecule has 0 saturated carbocycles. The Bertz CT molecular complexity index is 814. The van der Waals surface area contributed by atoms with E-state index in [9.17, 15) is 9.59 Å². The Balaban J connectivity index is 1.31. The van der Waals surface area contributed by atoms with Crippen LogP contribution in [0.3, 0.4) is 0 Å². The lowest BCUT2D eigenvalue weighted by atomic mass is 10.1. The molecule has 1 atom stereocenters. The summed E-state index contributed by atoms with van der Waals surface area (Å²) in [6.45, 7) is 1.30. The number of hydrogen-bond acceptors (Lipinski definition) is 4. The van der Waals surface area contributed by atoms with Crippen molar-refractivity contribution in [3.63, 3.8) is 0 Å². The number of para-hydroxylation sites is 1. The lowest BCUT2D eigenvalue weighted by Gasteiger charge is -2.15. The molecule has 2 heterocycles. The maximum Gasteiger partial charge on any atom is 0.414 e. The van der Waals surface area contributed by atoms with Gasteiger partial charge in [-0.1, -0.05) is 24.3 Å². The molecule has 26 heavy (non-hydrogen) atoms. The summed E-state index contributed by atoms with van der Waals surface area (Å²) in [5, 5.41) is 5.61. The maximum atomic E-state index is 12.2. The number of rotatable bonds is 4. The zero-order valence-electron chi connectivity index (χ0n) is 14.1. The van der Waals surface area contributed by atoms with E-state index in [1.165, 1.54) is 4.90 Å². The van der Waals surface area contributed by atoms with Crippen molar-refractivity contribution in [3.05, 3.63) is 54.1 Å². The van der Waals surface area contributed by atoms with E-state index < -0.39 is 0 Å². The molecule has 0 spiro atoms. The average Bonchev–Trinajstić information content (AvgIpc) is 3.25. The molecule has 3 amide bonds. The lowest BCUT2D eigenvalue weighted by molar-refractivity contribution is 0.181. The summed E-state index contributed by atoms with van der Waals surface area (Å²) in [6, 6.07) is 14.7. The fourth-order valence-electron chi connectivity index (χ4n) is 3.13. The predicted octanol–water partition coefficient (Wildman–Crippen LogP) is 2.77. The highest BCUT2D eigenvalue weighted by molar-refractivity contribution is 5.93. The number of amides is 3. The van der Waals surface area contributed by atoms with Gasteiger partial charge >= 0.3 is 12.1 Å². The second kappa shape index (κ2) is 6.95. The van der Waals surface area contributed by atoms with Crippen molar-refractivity contribution in [2.75, 3.05) is 29.9 Å². The molecule has 7 heteroatoms. The molecular formula is C19H19N3O4. The van der Waals surface area contributed by atoms with Crippen LogP contribution in [0.25, 0.3) is 0 Å². The van der Waals surface area contributed by atoms with Crippen LogP contribution >= 0.6 is 0 Å². The van der Waals surface area contributed by atoms with Crippen molar-refractivity contribution >= 4 is 23.5 Å². The van der Waals surface area contributed by atoms with Gasteiger partial charge in [0, 0.05) is 17.8 Å². The minimum atomic E-state index is -0.371. The van der Waals surface area contributed by atoms with Crippen LogP contribution in [0.4, 0.5) is 21.0 Å². The summed E-state index contributed by atoms with van der Waals surface area (Å²) in [5.41, 5.74) is 2.46. The molecule has 2 N–H and O–H groups in total. The highest BCUT2D eigenvalue weighted by atomic mass is 16.6. The van der Waals surface area contributed by atoms with Gasteiger partial charge in [-0.15, -0.1) is 0 Å².